The van der Waals surface area contributed by atoms with Gasteiger partial charge in [0.2, 0.25) is 5.90 Å². The summed E-state index contributed by atoms with van der Waals surface area (Å²) in [7, 11) is 0. The first kappa shape index (κ1) is 23.2. The normalized spacial score (nSPS) is 18.3. The lowest BCUT2D eigenvalue weighted by Gasteiger charge is -2.20. The quantitative estimate of drug-likeness (QED) is 0.292. The van der Waals surface area contributed by atoms with Crippen LogP contribution < -0.4 is 5.32 Å². The molecule has 1 N–H and O–H groups in total. The third kappa shape index (κ3) is 4.55. The fourth-order valence-electron chi connectivity index (χ4n) is 5.24. The maximum atomic E-state index is 6.40. The topological polar surface area (TPSA) is 46.0 Å². The lowest BCUT2D eigenvalue weighted by atomic mass is 9.86. The van der Waals surface area contributed by atoms with Crippen molar-refractivity contribution in [3.8, 4) is 0 Å². The van der Waals surface area contributed by atoms with Crippen LogP contribution in [0.5, 0.6) is 0 Å². The molecule has 0 spiro atoms. The van der Waals surface area contributed by atoms with E-state index in [-0.39, 0.29) is 17.6 Å². The van der Waals surface area contributed by atoms with Crippen molar-refractivity contribution in [3.63, 3.8) is 0 Å². The van der Waals surface area contributed by atoms with Gasteiger partial charge in [0, 0.05) is 23.9 Å². The molecule has 4 nitrogen and oxygen atoms in total. The smallest absolute Gasteiger partial charge is 0.219 e. The lowest BCUT2D eigenvalue weighted by molar-refractivity contribution is 0.206. The van der Waals surface area contributed by atoms with E-state index in [9.17, 15) is 0 Å². The number of para-hydroxylation sites is 3. The molecule has 0 amide bonds. The molecular formula is C33H31N3O. The van der Waals surface area contributed by atoms with Crippen LogP contribution in [0.2, 0.25) is 0 Å². The van der Waals surface area contributed by atoms with Crippen molar-refractivity contribution in [1.29, 1.82) is 0 Å². The van der Waals surface area contributed by atoms with Crippen molar-refractivity contribution in [2.75, 3.05) is 5.32 Å². The number of ether oxygens (including phenoxy) is 1. The van der Waals surface area contributed by atoms with Crippen LogP contribution in [0.1, 0.15) is 54.6 Å². The van der Waals surface area contributed by atoms with Crippen LogP contribution in [-0.4, -0.2) is 18.2 Å². The van der Waals surface area contributed by atoms with E-state index >= 15 is 0 Å². The van der Waals surface area contributed by atoms with Crippen LogP contribution in [0.25, 0.3) is 0 Å². The number of nitrogens with one attached hydrogen (secondary N) is 1. The van der Waals surface area contributed by atoms with Gasteiger partial charge in [0.15, 0.2) is 0 Å². The monoisotopic (exact) mass is 485 g/mol. The van der Waals surface area contributed by atoms with E-state index in [4.69, 9.17) is 14.7 Å². The van der Waals surface area contributed by atoms with Crippen LogP contribution >= 0.6 is 0 Å². The van der Waals surface area contributed by atoms with Gasteiger partial charge >= 0.3 is 0 Å². The highest BCUT2D eigenvalue weighted by atomic mass is 16.5. The van der Waals surface area contributed by atoms with E-state index in [1.54, 1.807) is 0 Å². The Hall–Kier alpha value is -4.18. The van der Waals surface area contributed by atoms with Gasteiger partial charge in [-0.2, -0.15) is 0 Å². The first-order chi connectivity index (χ1) is 18.0. The fraction of sp³-hybridized carbons (Fsp3) is 0.212. The Balaban J connectivity index is 1.30. The molecule has 1 unspecified atom stereocenters. The van der Waals surface area contributed by atoms with Gasteiger partial charge in [-0.05, 0) is 46.4 Å². The van der Waals surface area contributed by atoms with Gasteiger partial charge in [-0.3, -0.25) is 4.99 Å². The predicted octanol–water partition coefficient (Wildman–Crippen LogP) is 7.92. The third-order valence-electron chi connectivity index (χ3n) is 7.11. The minimum atomic E-state index is 0.0193. The van der Waals surface area contributed by atoms with Crippen molar-refractivity contribution in [2.24, 2.45) is 9.98 Å². The molecule has 37 heavy (non-hydrogen) atoms. The average molecular weight is 486 g/mol. The molecule has 6 rings (SSSR count). The minimum Gasteiger partial charge on any atom is -0.471 e. The zero-order chi connectivity index (χ0) is 25.4. The van der Waals surface area contributed by atoms with E-state index in [0.29, 0.717) is 5.90 Å². The summed E-state index contributed by atoms with van der Waals surface area (Å²) in [5, 5.41) is 3.63. The van der Waals surface area contributed by atoms with E-state index < -0.39 is 0 Å². The summed E-state index contributed by atoms with van der Waals surface area (Å²) in [6.07, 6.45) is 2.92. The Bertz CT molecular complexity index is 1510. The van der Waals surface area contributed by atoms with Crippen molar-refractivity contribution < 1.29 is 4.74 Å². The standard InChI is InChI=1S/C33H31N3O/c1-33(2,3)26-16-8-11-19-29(26)34-21-23-13-5-9-17-27(23)35-28-18-10-7-15-25(28)32-36-31-24-14-6-4-12-22(24)20-30(31)37-32/h4-19,21,30-31,35H,20H2,1-3H3/t30-,31?/m1/s1. The van der Waals surface area contributed by atoms with E-state index in [1.165, 1.54) is 16.7 Å². The maximum absolute atomic E-state index is 6.40. The maximum Gasteiger partial charge on any atom is 0.219 e. The van der Waals surface area contributed by atoms with Crippen LogP contribution in [0.3, 0.4) is 0 Å². The van der Waals surface area contributed by atoms with E-state index in [1.807, 2.05) is 36.5 Å². The minimum absolute atomic E-state index is 0.0193. The number of nitrogens with zero attached hydrogens (tertiary/aromatic N) is 2. The molecule has 0 saturated carbocycles. The molecule has 2 aliphatic rings. The number of benzene rings is 4. The molecule has 1 aliphatic heterocycles. The van der Waals surface area contributed by atoms with Crippen molar-refractivity contribution in [2.45, 2.75) is 44.8 Å². The second kappa shape index (κ2) is 9.36. The summed E-state index contributed by atoms with van der Waals surface area (Å²) >= 11 is 0. The summed E-state index contributed by atoms with van der Waals surface area (Å²) in [6, 6.07) is 33.4. The van der Waals surface area contributed by atoms with Crippen LogP contribution in [-0.2, 0) is 16.6 Å². The number of rotatable bonds is 5. The predicted molar refractivity (Wildman–Crippen MR) is 153 cm³/mol. The Kier molecular flexibility index (Phi) is 5.88. The molecule has 4 aromatic rings. The Morgan fingerprint density at radius 1 is 0.838 bits per heavy atom. The Labute approximate surface area is 218 Å². The molecule has 0 bridgehead atoms. The van der Waals surface area contributed by atoms with Gasteiger partial charge in [-0.25, -0.2) is 4.99 Å². The SMILES string of the molecule is CC(C)(C)c1ccccc1N=Cc1ccccc1Nc1ccccc1C1=NC2c3ccccc3C[C@H]2O1. The molecule has 2 atom stereocenters. The van der Waals surface area contributed by atoms with Crippen LogP contribution in [0.15, 0.2) is 107 Å². The summed E-state index contributed by atoms with van der Waals surface area (Å²) in [6.45, 7) is 6.65. The number of hydrogen-bond acceptors (Lipinski definition) is 4. The van der Waals surface area contributed by atoms with Gasteiger partial charge in [-0.15, -0.1) is 0 Å². The molecule has 1 aliphatic carbocycles. The van der Waals surface area contributed by atoms with Gasteiger partial charge in [0.05, 0.1) is 16.9 Å². The summed E-state index contributed by atoms with van der Waals surface area (Å²) < 4.78 is 6.40. The summed E-state index contributed by atoms with van der Waals surface area (Å²) in [5.41, 5.74) is 8.79. The molecule has 1 heterocycles. The molecule has 0 aromatic heterocycles. The highest BCUT2D eigenvalue weighted by Crippen LogP contribution is 2.41. The first-order valence-corrected chi connectivity index (χ1v) is 12.9. The van der Waals surface area contributed by atoms with Crippen LogP contribution in [0, 0.1) is 0 Å². The second-order valence-corrected chi connectivity index (χ2v) is 10.7. The van der Waals surface area contributed by atoms with Gasteiger partial charge in [0.1, 0.15) is 12.1 Å². The molecule has 4 aromatic carbocycles. The van der Waals surface area contributed by atoms with Gasteiger partial charge < -0.3 is 10.1 Å². The van der Waals surface area contributed by atoms with Crippen molar-refractivity contribution >= 4 is 29.2 Å². The molecule has 4 heteroatoms. The number of hydrogen-bond donors (Lipinski definition) is 1. The van der Waals surface area contributed by atoms with Crippen LogP contribution in [0.4, 0.5) is 17.1 Å². The highest BCUT2D eigenvalue weighted by molar-refractivity contribution is 6.02. The molecule has 184 valence electrons. The first-order valence-electron chi connectivity index (χ1n) is 12.9. The summed E-state index contributed by atoms with van der Waals surface area (Å²) in [4.78, 5) is 9.91. The molecule has 0 saturated heterocycles. The average Bonchev–Trinajstić information content (AvgIpc) is 3.46. The van der Waals surface area contributed by atoms with Crippen molar-refractivity contribution in [1.82, 2.24) is 0 Å². The van der Waals surface area contributed by atoms with E-state index in [0.717, 1.165) is 34.6 Å². The number of anilines is 2. The Morgan fingerprint density at radius 2 is 1.54 bits per heavy atom. The van der Waals surface area contributed by atoms with Crippen molar-refractivity contribution in [3.05, 3.63) is 125 Å². The highest BCUT2D eigenvalue weighted by Gasteiger charge is 2.39. The second-order valence-electron chi connectivity index (χ2n) is 10.7. The zero-order valence-electron chi connectivity index (χ0n) is 21.5. The Morgan fingerprint density at radius 3 is 2.41 bits per heavy atom. The molecular weight excluding hydrogens is 454 g/mol. The molecule has 0 fully saturated rings. The molecule has 0 radical (unpaired) electrons. The number of fused-ring (bicyclic) bond motifs is 3. The zero-order valence-corrected chi connectivity index (χ0v) is 21.5. The van der Waals surface area contributed by atoms with Gasteiger partial charge in [0.25, 0.3) is 0 Å². The van der Waals surface area contributed by atoms with Gasteiger partial charge in [-0.1, -0.05) is 93.6 Å². The lowest BCUT2D eigenvalue weighted by Crippen LogP contribution is -2.14. The third-order valence-corrected chi connectivity index (χ3v) is 7.11. The number of aliphatic imine (C=N–C) groups is 2. The fourth-order valence-corrected chi connectivity index (χ4v) is 5.24. The van der Waals surface area contributed by atoms with E-state index in [2.05, 4.69) is 92.8 Å². The summed E-state index contributed by atoms with van der Waals surface area (Å²) in [5.74, 6) is 0.706. The largest absolute Gasteiger partial charge is 0.471 e.